The van der Waals surface area contributed by atoms with Gasteiger partial charge >= 0.3 is 6.36 Å². The van der Waals surface area contributed by atoms with Crippen molar-refractivity contribution in [1.82, 2.24) is 0 Å². The fourth-order valence-corrected chi connectivity index (χ4v) is 2.20. The molecule has 0 amide bonds. The van der Waals surface area contributed by atoms with Crippen LogP contribution in [0.3, 0.4) is 0 Å². The molecule has 1 rings (SSSR count). The van der Waals surface area contributed by atoms with Crippen LogP contribution in [0.4, 0.5) is 18.9 Å². The largest absolute Gasteiger partial charge is 0.573 e. The molecule has 0 aliphatic heterocycles. The molecule has 0 aliphatic rings. The minimum absolute atomic E-state index is 0.238. The lowest BCUT2D eigenvalue weighted by Gasteiger charge is -2.17. The second-order valence-electron chi connectivity index (χ2n) is 5.21. The molecule has 0 spiro atoms. The Morgan fingerprint density at radius 2 is 1.85 bits per heavy atom. The smallest absolute Gasteiger partial charge is 0.405 e. The third-order valence-corrected chi connectivity index (χ3v) is 3.37. The Hall–Kier alpha value is -0.910. The van der Waals surface area contributed by atoms with E-state index in [4.69, 9.17) is 0 Å². The Morgan fingerprint density at radius 1 is 1.20 bits per heavy atom. The normalized spacial score (nSPS) is 13.4. The van der Waals surface area contributed by atoms with Crippen LogP contribution < -0.4 is 10.1 Å². The Kier molecular flexibility index (Phi) is 6.17. The van der Waals surface area contributed by atoms with Crippen molar-refractivity contribution < 1.29 is 17.9 Å². The molecule has 0 radical (unpaired) electrons. The van der Waals surface area contributed by atoms with E-state index < -0.39 is 6.36 Å². The van der Waals surface area contributed by atoms with Crippen molar-refractivity contribution in [3.8, 4) is 5.75 Å². The van der Waals surface area contributed by atoms with E-state index in [0.29, 0.717) is 5.92 Å². The van der Waals surface area contributed by atoms with Crippen LogP contribution in [0.25, 0.3) is 0 Å². The Balaban J connectivity index is 2.63. The van der Waals surface area contributed by atoms with Crippen LogP contribution in [0.15, 0.2) is 22.7 Å². The molecule has 6 heteroatoms. The summed E-state index contributed by atoms with van der Waals surface area (Å²) < 4.78 is 40.6. The lowest BCUT2D eigenvalue weighted by molar-refractivity contribution is -0.274. The van der Waals surface area contributed by atoms with Gasteiger partial charge in [0.1, 0.15) is 5.75 Å². The van der Waals surface area contributed by atoms with E-state index in [9.17, 15) is 13.2 Å². The number of benzene rings is 1. The Labute approximate surface area is 125 Å². The van der Waals surface area contributed by atoms with Crippen LogP contribution in [-0.4, -0.2) is 12.4 Å². The standard InChI is InChI=1S/C14H19BrF3NO/c1-9(2)4-5-10(3)19-11-6-7-13(12(15)8-11)20-14(16,17)18/h6-10,19H,4-5H2,1-3H3. The predicted octanol–water partition coefficient (Wildman–Crippen LogP) is 5.58. The topological polar surface area (TPSA) is 21.3 Å². The van der Waals surface area contributed by atoms with Crippen molar-refractivity contribution in [1.29, 1.82) is 0 Å². The summed E-state index contributed by atoms with van der Waals surface area (Å²) in [7, 11) is 0. The van der Waals surface area contributed by atoms with Gasteiger partial charge in [0, 0.05) is 11.7 Å². The van der Waals surface area contributed by atoms with Crippen molar-refractivity contribution in [2.75, 3.05) is 5.32 Å². The van der Waals surface area contributed by atoms with E-state index in [-0.39, 0.29) is 16.3 Å². The molecule has 1 aromatic rings. The van der Waals surface area contributed by atoms with Crippen molar-refractivity contribution in [3.63, 3.8) is 0 Å². The maximum atomic E-state index is 12.1. The molecule has 2 nitrogen and oxygen atoms in total. The fourth-order valence-electron chi connectivity index (χ4n) is 1.74. The number of halogens is 4. The van der Waals surface area contributed by atoms with Gasteiger partial charge in [0.05, 0.1) is 4.47 Å². The highest BCUT2D eigenvalue weighted by Gasteiger charge is 2.31. The van der Waals surface area contributed by atoms with Gasteiger partial charge in [0.2, 0.25) is 0 Å². The van der Waals surface area contributed by atoms with Gasteiger partial charge < -0.3 is 10.1 Å². The average molecular weight is 354 g/mol. The predicted molar refractivity (Wildman–Crippen MR) is 78.0 cm³/mol. The summed E-state index contributed by atoms with van der Waals surface area (Å²) >= 11 is 3.09. The molecule has 0 saturated carbocycles. The summed E-state index contributed by atoms with van der Waals surface area (Å²) in [6, 6.07) is 4.73. The monoisotopic (exact) mass is 353 g/mol. The second kappa shape index (κ2) is 7.20. The summed E-state index contributed by atoms with van der Waals surface area (Å²) in [6.45, 7) is 6.37. The van der Waals surface area contributed by atoms with Crippen molar-refractivity contribution in [2.45, 2.75) is 46.0 Å². The van der Waals surface area contributed by atoms with Crippen LogP contribution in [0, 0.1) is 5.92 Å². The first-order valence-electron chi connectivity index (χ1n) is 6.49. The van der Waals surface area contributed by atoms with Crippen molar-refractivity contribution >= 4 is 21.6 Å². The third-order valence-electron chi connectivity index (χ3n) is 2.75. The molecular formula is C14H19BrF3NO. The Morgan fingerprint density at radius 3 is 2.35 bits per heavy atom. The Bertz CT molecular complexity index is 435. The van der Waals surface area contributed by atoms with Crippen LogP contribution in [0.1, 0.15) is 33.6 Å². The lowest BCUT2D eigenvalue weighted by atomic mass is 10.0. The molecule has 0 saturated heterocycles. The first-order valence-corrected chi connectivity index (χ1v) is 7.28. The van der Waals surface area contributed by atoms with Crippen LogP contribution in [0.2, 0.25) is 0 Å². The number of hydrogen-bond donors (Lipinski definition) is 1. The van der Waals surface area contributed by atoms with E-state index in [1.54, 1.807) is 12.1 Å². The molecule has 1 atom stereocenters. The van der Waals surface area contributed by atoms with E-state index in [1.807, 2.05) is 0 Å². The molecule has 114 valence electrons. The number of rotatable bonds is 6. The minimum atomic E-state index is -4.68. The zero-order chi connectivity index (χ0) is 15.3. The van der Waals surface area contributed by atoms with Crippen molar-refractivity contribution in [2.24, 2.45) is 5.92 Å². The number of alkyl halides is 3. The van der Waals surface area contributed by atoms with Gasteiger partial charge in [-0.25, -0.2) is 0 Å². The molecule has 0 aliphatic carbocycles. The summed E-state index contributed by atoms with van der Waals surface area (Å²) in [5.41, 5.74) is 0.766. The maximum Gasteiger partial charge on any atom is 0.573 e. The van der Waals surface area contributed by atoms with Gasteiger partial charge in [-0.05, 0) is 59.8 Å². The number of nitrogens with one attached hydrogen (secondary N) is 1. The van der Waals surface area contributed by atoms with Gasteiger partial charge in [0.15, 0.2) is 0 Å². The SMILES string of the molecule is CC(C)CCC(C)Nc1ccc(OC(F)(F)F)c(Br)c1. The van der Waals surface area contributed by atoms with Gasteiger partial charge in [0.25, 0.3) is 0 Å². The maximum absolute atomic E-state index is 12.1. The van der Waals surface area contributed by atoms with Gasteiger partial charge in [-0.1, -0.05) is 13.8 Å². The van der Waals surface area contributed by atoms with E-state index in [2.05, 4.69) is 46.8 Å². The molecule has 0 fully saturated rings. The summed E-state index contributed by atoms with van der Waals surface area (Å²) in [5.74, 6) is 0.395. The molecule has 0 heterocycles. The van der Waals surface area contributed by atoms with Crippen LogP contribution in [-0.2, 0) is 0 Å². The van der Waals surface area contributed by atoms with Gasteiger partial charge in [-0.2, -0.15) is 0 Å². The van der Waals surface area contributed by atoms with Gasteiger partial charge in [-0.3, -0.25) is 0 Å². The first-order chi connectivity index (χ1) is 9.17. The van der Waals surface area contributed by atoms with Crippen LogP contribution in [0.5, 0.6) is 5.75 Å². The van der Waals surface area contributed by atoms with E-state index in [0.717, 1.165) is 18.5 Å². The first kappa shape index (κ1) is 17.1. The summed E-state index contributed by atoms with van der Waals surface area (Å²) in [5, 5.41) is 3.26. The van der Waals surface area contributed by atoms with E-state index >= 15 is 0 Å². The number of anilines is 1. The molecule has 1 N–H and O–H groups in total. The molecule has 0 bridgehead atoms. The zero-order valence-corrected chi connectivity index (χ0v) is 13.3. The quantitative estimate of drug-likeness (QED) is 0.720. The van der Waals surface area contributed by atoms with Crippen molar-refractivity contribution in [3.05, 3.63) is 22.7 Å². The highest BCUT2D eigenvalue weighted by Crippen LogP contribution is 2.32. The number of hydrogen-bond acceptors (Lipinski definition) is 2. The highest BCUT2D eigenvalue weighted by atomic mass is 79.9. The molecular weight excluding hydrogens is 335 g/mol. The molecule has 20 heavy (non-hydrogen) atoms. The molecule has 0 aromatic heterocycles. The average Bonchev–Trinajstić information content (AvgIpc) is 2.28. The zero-order valence-electron chi connectivity index (χ0n) is 11.7. The summed E-state index contributed by atoms with van der Waals surface area (Å²) in [4.78, 5) is 0. The van der Waals surface area contributed by atoms with Gasteiger partial charge in [-0.15, -0.1) is 13.2 Å². The highest BCUT2D eigenvalue weighted by molar-refractivity contribution is 9.10. The van der Waals surface area contributed by atoms with E-state index in [1.165, 1.54) is 6.07 Å². The fraction of sp³-hybridized carbons (Fsp3) is 0.571. The minimum Gasteiger partial charge on any atom is -0.405 e. The molecule has 1 aromatic carbocycles. The number of ether oxygens (including phenoxy) is 1. The third kappa shape index (κ3) is 6.50. The summed E-state index contributed by atoms with van der Waals surface area (Å²) in [6.07, 6.45) is -2.57. The van der Waals surface area contributed by atoms with Crippen LogP contribution >= 0.6 is 15.9 Å². The molecule has 1 unspecified atom stereocenters. The lowest BCUT2D eigenvalue weighted by Crippen LogP contribution is -2.18. The second-order valence-corrected chi connectivity index (χ2v) is 6.06.